The van der Waals surface area contributed by atoms with Gasteiger partial charge < -0.3 is 9.52 Å². The maximum atomic E-state index is 13.2. The summed E-state index contributed by atoms with van der Waals surface area (Å²) in [7, 11) is -6.43. The number of hydrogen-bond acceptors (Lipinski definition) is 11. The van der Waals surface area contributed by atoms with E-state index in [4.69, 9.17) is 14.7 Å². The monoisotopic (exact) mass is 541 g/mol. The van der Waals surface area contributed by atoms with Crippen LogP contribution in [0.15, 0.2) is 35.0 Å². The molecule has 1 atom stereocenters. The van der Waals surface area contributed by atoms with Crippen LogP contribution in [-0.2, 0) is 38.4 Å². The first-order valence-corrected chi connectivity index (χ1v) is 13.9. The number of hydrogen-bond donors (Lipinski definition) is 3. The van der Waals surface area contributed by atoms with Crippen molar-refractivity contribution >= 4 is 47.6 Å². The van der Waals surface area contributed by atoms with Gasteiger partial charge in [-0.05, 0) is 17.7 Å². The first-order chi connectivity index (χ1) is 16.4. The second-order valence-corrected chi connectivity index (χ2v) is 12.1. The highest BCUT2D eigenvalue weighted by atomic mass is 32.2. The molecule has 0 aliphatic carbocycles. The molecule has 1 unspecified atom stereocenters. The second kappa shape index (κ2) is 9.42. The van der Waals surface area contributed by atoms with Crippen molar-refractivity contribution in [2.24, 2.45) is 12.2 Å². The van der Waals surface area contributed by atoms with Gasteiger partial charge in [0.1, 0.15) is 5.01 Å². The molecule has 0 saturated heterocycles. The minimum absolute atomic E-state index is 0.100. The maximum absolute atomic E-state index is 13.2. The Morgan fingerprint density at radius 2 is 2.03 bits per heavy atom. The third-order valence-corrected chi connectivity index (χ3v) is 8.45. The molecule has 0 aliphatic heterocycles. The van der Waals surface area contributed by atoms with E-state index in [0.29, 0.717) is 10.2 Å². The first kappa shape index (κ1) is 24.9. The lowest BCUT2D eigenvalue weighted by Crippen LogP contribution is -2.30. The molecule has 3 heterocycles. The number of carboxylic acid groups (broad SMARTS) is 1. The number of nitrogens with two attached hydrogens (primary N) is 1. The summed E-state index contributed by atoms with van der Waals surface area (Å²) in [6.07, 6.45) is 2.89. The van der Waals surface area contributed by atoms with E-state index < -0.39 is 50.0 Å². The minimum Gasteiger partial charge on any atom is -0.481 e. The summed E-state index contributed by atoms with van der Waals surface area (Å²) in [6, 6.07) is 5.39. The van der Waals surface area contributed by atoms with Crippen molar-refractivity contribution in [3.8, 4) is 11.1 Å². The molecule has 4 N–H and O–H groups in total. The maximum Gasteiger partial charge on any atom is 0.304 e. The van der Waals surface area contributed by atoms with Crippen LogP contribution in [-0.4, -0.2) is 58.6 Å². The second-order valence-electron chi connectivity index (χ2n) is 7.43. The topological polar surface area (TPSA) is 213 Å². The number of aromatic nitrogens is 5. The number of carbonyl (C=O) groups is 1. The van der Waals surface area contributed by atoms with Crippen LogP contribution >= 0.6 is 11.3 Å². The zero-order valence-corrected chi connectivity index (χ0v) is 20.5. The molecule has 0 aliphatic rings. The Bertz CT molecular complexity index is 1610. The van der Waals surface area contributed by atoms with E-state index in [1.165, 1.54) is 0 Å². The molecule has 0 spiro atoms. The lowest BCUT2D eigenvalue weighted by atomic mass is 10.1. The molecule has 17 heteroatoms. The predicted octanol–water partition coefficient (Wildman–Crippen LogP) is 0.352. The first-order valence-electron chi connectivity index (χ1n) is 9.84. The van der Waals surface area contributed by atoms with Crippen molar-refractivity contribution in [1.82, 2.24) is 29.7 Å². The van der Waals surface area contributed by atoms with Gasteiger partial charge in [-0.2, -0.15) is 18.2 Å². The Balaban J connectivity index is 1.74. The quantitative estimate of drug-likeness (QED) is 0.249. The van der Waals surface area contributed by atoms with Gasteiger partial charge in [0.25, 0.3) is 10.2 Å². The summed E-state index contributed by atoms with van der Waals surface area (Å²) in [5.41, 5.74) is 2.23. The van der Waals surface area contributed by atoms with E-state index in [0.717, 1.165) is 22.5 Å². The SMILES string of the molecule is Cn1cc(-c2ccc3nc(C(c4nnc(CNS(N)(=O)=O)o4)S(=O)(=O)CCC(=O)O)sc3c2)cn1. The van der Waals surface area contributed by atoms with Gasteiger partial charge >= 0.3 is 5.97 Å². The van der Waals surface area contributed by atoms with Crippen LogP contribution < -0.4 is 9.86 Å². The van der Waals surface area contributed by atoms with Crippen molar-refractivity contribution in [1.29, 1.82) is 0 Å². The standard InChI is InChI=1S/C18H19N7O7S3/c1-25-9-11(7-20-25)10-2-3-12-13(6-10)33-18(22-12)16(34(28,29)5-4-15(26)27)17-24-23-14(32-17)8-21-35(19,30)31/h2-3,6-7,9,16,21H,4-5,8H2,1H3,(H,26,27)(H2,19,30,31). The summed E-state index contributed by atoms with van der Waals surface area (Å²) in [4.78, 5) is 15.5. The summed E-state index contributed by atoms with van der Waals surface area (Å²) in [5, 5.41) is 24.0. The largest absolute Gasteiger partial charge is 0.481 e. The van der Waals surface area contributed by atoms with Gasteiger partial charge in [-0.1, -0.05) is 6.07 Å². The Morgan fingerprint density at radius 3 is 2.69 bits per heavy atom. The van der Waals surface area contributed by atoms with Gasteiger partial charge in [0, 0.05) is 18.8 Å². The summed E-state index contributed by atoms with van der Waals surface area (Å²) < 4.78 is 58.3. The number of thiazole rings is 1. The van der Waals surface area contributed by atoms with E-state index in [-0.39, 0.29) is 16.8 Å². The van der Waals surface area contributed by atoms with Gasteiger partial charge in [-0.25, -0.2) is 18.5 Å². The van der Waals surface area contributed by atoms with Crippen molar-refractivity contribution in [2.45, 2.75) is 18.2 Å². The smallest absolute Gasteiger partial charge is 0.304 e. The normalized spacial score (nSPS) is 13.3. The summed E-state index contributed by atoms with van der Waals surface area (Å²) in [6.45, 7) is -0.456. The number of rotatable bonds is 10. The fourth-order valence-corrected chi connectivity index (χ4v) is 6.52. The van der Waals surface area contributed by atoms with Gasteiger partial charge in [0.2, 0.25) is 11.8 Å². The van der Waals surface area contributed by atoms with Crippen molar-refractivity contribution in [2.75, 3.05) is 5.75 Å². The predicted molar refractivity (Wildman–Crippen MR) is 124 cm³/mol. The van der Waals surface area contributed by atoms with E-state index in [1.807, 2.05) is 23.1 Å². The molecule has 0 amide bonds. The zero-order valence-electron chi connectivity index (χ0n) is 18.0. The van der Waals surface area contributed by atoms with Crippen LogP contribution in [0.3, 0.4) is 0 Å². The number of nitrogens with one attached hydrogen (secondary N) is 1. The molecule has 186 valence electrons. The molecule has 4 aromatic rings. The number of fused-ring (bicyclic) bond motifs is 1. The van der Waals surface area contributed by atoms with Crippen LogP contribution in [0, 0.1) is 0 Å². The number of aryl methyl sites for hydroxylation is 1. The molecule has 0 saturated carbocycles. The number of aliphatic carboxylic acids is 1. The number of benzene rings is 1. The van der Waals surface area contributed by atoms with Gasteiger partial charge in [0.15, 0.2) is 15.1 Å². The fourth-order valence-electron chi connectivity index (χ4n) is 3.17. The van der Waals surface area contributed by atoms with Crippen LogP contribution in [0.5, 0.6) is 0 Å². The summed E-state index contributed by atoms with van der Waals surface area (Å²) >= 11 is 1.08. The zero-order chi connectivity index (χ0) is 25.4. The third kappa shape index (κ3) is 5.88. The lowest BCUT2D eigenvalue weighted by molar-refractivity contribution is -0.136. The summed E-state index contributed by atoms with van der Waals surface area (Å²) in [5.74, 6) is -2.58. The highest BCUT2D eigenvalue weighted by molar-refractivity contribution is 7.92. The Hall–Kier alpha value is -3.25. The number of carboxylic acids is 1. The van der Waals surface area contributed by atoms with Gasteiger partial charge in [0.05, 0.1) is 35.1 Å². The Kier molecular flexibility index (Phi) is 6.69. The molecule has 4 rings (SSSR count). The molecule has 35 heavy (non-hydrogen) atoms. The number of nitrogens with zero attached hydrogens (tertiary/aromatic N) is 5. The van der Waals surface area contributed by atoms with Crippen LogP contribution in [0.25, 0.3) is 21.3 Å². The molecule has 3 aromatic heterocycles. The molecular weight excluding hydrogens is 522 g/mol. The molecular formula is C18H19N7O7S3. The highest BCUT2D eigenvalue weighted by Gasteiger charge is 2.37. The van der Waals surface area contributed by atoms with Crippen molar-refractivity contribution in [3.63, 3.8) is 0 Å². The average Bonchev–Trinajstić information content (AvgIpc) is 3.49. The highest BCUT2D eigenvalue weighted by Crippen LogP contribution is 2.37. The molecule has 1 aromatic carbocycles. The van der Waals surface area contributed by atoms with E-state index in [2.05, 4.69) is 20.3 Å². The van der Waals surface area contributed by atoms with Gasteiger partial charge in [-0.15, -0.1) is 21.5 Å². The molecule has 14 nitrogen and oxygen atoms in total. The van der Waals surface area contributed by atoms with Crippen LogP contribution in [0.1, 0.15) is 28.5 Å². The molecule has 0 bridgehead atoms. The minimum atomic E-state index is -4.17. The van der Waals surface area contributed by atoms with E-state index in [9.17, 15) is 21.6 Å². The third-order valence-electron chi connectivity index (χ3n) is 4.76. The van der Waals surface area contributed by atoms with Crippen LogP contribution in [0.2, 0.25) is 0 Å². The Labute approximate surface area is 202 Å². The average molecular weight is 542 g/mol. The van der Waals surface area contributed by atoms with Gasteiger partial charge in [-0.3, -0.25) is 9.48 Å². The van der Waals surface area contributed by atoms with E-state index in [1.54, 1.807) is 24.0 Å². The lowest BCUT2D eigenvalue weighted by Gasteiger charge is -2.11. The van der Waals surface area contributed by atoms with Crippen LogP contribution in [0.4, 0.5) is 0 Å². The Morgan fingerprint density at radius 1 is 1.26 bits per heavy atom. The number of sulfone groups is 1. The van der Waals surface area contributed by atoms with Crippen molar-refractivity contribution < 1.29 is 31.2 Å². The fraction of sp³-hybridized carbons (Fsp3) is 0.278. The molecule has 0 fully saturated rings. The molecule has 0 radical (unpaired) electrons. The van der Waals surface area contributed by atoms with E-state index >= 15 is 0 Å². The van der Waals surface area contributed by atoms with Crippen molar-refractivity contribution in [3.05, 3.63) is 47.4 Å².